The van der Waals surface area contributed by atoms with Crippen molar-refractivity contribution < 1.29 is 0 Å². The third kappa shape index (κ3) is 3.99. The van der Waals surface area contributed by atoms with E-state index in [-0.39, 0.29) is 4.87 Å². The van der Waals surface area contributed by atoms with Crippen LogP contribution in [-0.4, -0.2) is 4.87 Å². The van der Waals surface area contributed by atoms with Gasteiger partial charge in [0.15, 0.2) is 0 Å². The Hall–Kier alpha value is -0.230. The molecule has 0 aromatic rings. The van der Waals surface area contributed by atoms with E-state index in [1.807, 2.05) is 0 Å². The van der Waals surface area contributed by atoms with Crippen molar-refractivity contribution in [2.75, 3.05) is 0 Å². The van der Waals surface area contributed by atoms with Crippen molar-refractivity contribution in [1.29, 1.82) is 0 Å². The fourth-order valence-electron chi connectivity index (χ4n) is 1.67. The Bertz CT molecular complexity index is 193. The number of unbranched alkanes of at least 4 members (excludes halogenated alkanes) is 3. The lowest BCUT2D eigenvalue weighted by molar-refractivity contribution is 0.557. The Kier molecular flexibility index (Phi) is 4.58. The van der Waals surface area contributed by atoms with Crippen molar-refractivity contribution in [3.05, 3.63) is 24.3 Å². The van der Waals surface area contributed by atoms with Crippen molar-refractivity contribution in [2.24, 2.45) is 0 Å². The van der Waals surface area contributed by atoms with E-state index in [1.54, 1.807) is 0 Å². The summed E-state index contributed by atoms with van der Waals surface area (Å²) in [6, 6.07) is 0. The van der Waals surface area contributed by atoms with E-state index in [0.717, 1.165) is 12.8 Å². The second kappa shape index (κ2) is 5.49. The molecule has 74 valence electrons. The molecule has 0 spiro atoms. The molecule has 1 heteroatoms. The summed E-state index contributed by atoms with van der Waals surface area (Å²) < 4.78 is 0. The monoisotopic (exact) mass is 198 g/mol. The molecule has 0 saturated heterocycles. The average molecular weight is 199 g/mol. The first-order chi connectivity index (χ1) is 6.27. The van der Waals surface area contributed by atoms with Gasteiger partial charge in [0.05, 0.1) is 4.87 Å². The summed E-state index contributed by atoms with van der Waals surface area (Å²) in [5.41, 5.74) is 0. The molecule has 1 atom stereocenters. The van der Waals surface area contributed by atoms with Crippen molar-refractivity contribution in [3.63, 3.8) is 0 Å². The molecule has 13 heavy (non-hydrogen) atoms. The Morgan fingerprint density at radius 3 is 2.69 bits per heavy atom. The van der Waals surface area contributed by atoms with Gasteiger partial charge in [0, 0.05) is 0 Å². The summed E-state index contributed by atoms with van der Waals surface area (Å²) in [7, 11) is 0. The van der Waals surface area contributed by atoms with E-state index in [4.69, 9.17) is 11.6 Å². The van der Waals surface area contributed by atoms with Crippen LogP contribution < -0.4 is 0 Å². The number of allylic oxidation sites excluding steroid dienone is 4. The maximum absolute atomic E-state index is 6.42. The highest BCUT2D eigenvalue weighted by Gasteiger charge is 2.22. The molecule has 0 aromatic heterocycles. The van der Waals surface area contributed by atoms with Crippen molar-refractivity contribution in [1.82, 2.24) is 0 Å². The summed E-state index contributed by atoms with van der Waals surface area (Å²) >= 11 is 6.42. The maximum atomic E-state index is 6.42. The number of hydrogen-bond donors (Lipinski definition) is 0. The predicted molar refractivity (Wildman–Crippen MR) is 60.2 cm³/mol. The molecule has 0 amide bonds. The first-order valence-corrected chi connectivity index (χ1v) is 5.68. The van der Waals surface area contributed by atoms with E-state index >= 15 is 0 Å². The van der Waals surface area contributed by atoms with Crippen LogP contribution in [0.4, 0.5) is 0 Å². The maximum Gasteiger partial charge on any atom is 0.0663 e. The normalized spacial score (nSPS) is 26.6. The van der Waals surface area contributed by atoms with Crippen molar-refractivity contribution in [3.8, 4) is 0 Å². The minimum Gasteiger partial charge on any atom is -0.114 e. The van der Waals surface area contributed by atoms with E-state index in [0.29, 0.717) is 0 Å². The van der Waals surface area contributed by atoms with Gasteiger partial charge in [-0.05, 0) is 12.8 Å². The highest BCUT2D eigenvalue weighted by Crippen LogP contribution is 2.31. The zero-order valence-electron chi connectivity index (χ0n) is 8.43. The van der Waals surface area contributed by atoms with Gasteiger partial charge in [0.1, 0.15) is 0 Å². The van der Waals surface area contributed by atoms with Crippen LogP contribution in [0, 0.1) is 0 Å². The molecule has 0 heterocycles. The number of rotatable bonds is 5. The molecule has 0 aromatic carbocycles. The van der Waals surface area contributed by atoms with E-state index in [1.165, 1.54) is 25.7 Å². The largest absolute Gasteiger partial charge is 0.114 e. The van der Waals surface area contributed by atoms with Gasteiger partial charge in [-0.1, -0.05) is 56.9 Å². The van der Waals surface area contributed by atoms with Crippen molar-refractivity contribution in [2.45, 2.75) is 50.3 Å². The van der Waals surface area contributed by atoms with Gasteiger partial charge in [-0.15, -0.1) is 11.6 Å². The zero-order chi connectivity index (χ0) is 9.57. The quantitative estimate of drug-likeness (QED) is 0.452. The van der Waals surface area contributed by atoms with Gasteiger partial charge in [-0.2, -0.15) is 0 Å². The summed E-state index contributed by atoms with van der Waals surface area (Å²) in [5.74, 6) is 0. The summed E-state index contributed by atoms with van der Waals surface area (Å²) in [4.78, 5) is -0.0670. The molecule has 0 radical (unpaired) electrons. The van der Waals surface area contributed by atoms with Crippen LogP contribution in [0.25, 0.3) is 0 Å². The fourth-order valence-corrected chi connectivity index (χ4v) is 1.97. The zero-order valence-corrected chi connectivity index (χ0v) is 9.19. The molecule has 1 aliphatic rings. The standard InChI is InChI=1S/C12H19Cl/c1-2-3-4-6-9-12(13)10-7-5-8-11-12/h5,7-8,10H,2-4,6,9,11H2,1H3. The Balaban J connectivity index is 2.19. The van der Waals surface area contributed by atoms with Crippen LogP contribution in [0.2, 0.25) is 0 Å². The molecular weight excluding hydrogens is 180 g/mol. The molecule has 0 nitrogen and oxygen atoms in total. The molecule has 0 saturated carbocycles. The predicted octanol–water partition coefficient (Wildman–Crippen LogP) is 4.45. The molecule has 1 aliphatic carbocycles. The fraction of sp³-hybridized carbons (Fsp3) is 0.667. The first kappa shape index (κ1) is 10.8. The minimum atomic E-state index is -0.0670. The molecule has 0 bridgehead atoms. The molecule has 0 N–H and O–H groups in total. The van der Waals surface area contributed by atoms with Gasteiger partial charge < -0.3 is 0 Å². The highest BCUT2D eigenvalue weighted by molar-refractivity contribution is 6.25. The SMILES string of the molecule is CCCCCCC1(Cl)C=CC=CC1. The Morgan fingerprint density at radius 1 is 1.23 bits per heavy atom. The molecule has 0 fully saturated rings. The van der Waals surface area contributed by atoms with E-state index < -0.39 is 0 Å². The summed E-state index contributed by atoms with van der Waals surface area (Å²) in [6.07, 6.45) is 15.8. The smallest absolute Gasteiger partial charge is 0.0663 e. The van der Waals surface area contributed by atoms with Gasteiger partial charge >= 0.3 is 0 Å². The number of alkyl halides is 1. The van der Waals surface area contributed by atoms with Gasteiger partial charge in [-0.3, -0.25) is 0 Å². The highest BCUT2D eigenvalue weighted by atomic mass is 35.5. The van der Waals surface area contributed by atoms with Crippen LogP contribution >= 0.6 is 11.6 Å². The molecular formula is C12H19Cl. The first-order valence-electron chi connectivity index (χ1n) is 5.30. The van der Waals surface area contributed by atoms with Crippen LogP contribution in [0.1, 0.15) is 45.4 Å². The molecule has 1 unspecified atom stereocenters. The van der Waals surface area contributed by atoms with Gasteiger partial charge in [0.2, 0.25) is 0 Å². The van der Waals surface area contributed by atoms with E-state index in [9.17, 15) is 0 Å². The average Bonchev–Trinajstić information content (AvgIpc) is 2.14. The third-order valence-corrected chi connectivity index (χ3v) is 3.01. The number of hydrogen-bond acceptors (Lipinski definition) is 0. The topological polar surface area (TPSA) is 0 Å². The van der Waals surface area contributed by atoms with E-state index in [2.05, 4.69) is 31.2 Å². The Morgan fingerprint density at radius 2 is 2.08 bits per heavy atom. The summed E-state index contributed by atoms with van der Waals surface area (Å²) in [6.45, 7) is 2.24. The molecule has 1 rings (SSSR count). The van der Waals surface area contributed by atoms with Crippen LogP contribution in [0.5, 0.6) is 0 Å². The lowest BCUT2D eigenvalue weighted by atomic mass is 9.93. The third-order valence-electron chi connectivity index (χ3n) is 2.55. The van der Waals surface area contributed by atoms with Gasteiger partial charge in [-0.25, -0.2) is 0 Å². The molecule has 0 aliphatic heterocycles. The second-order valence-corrected chi connectivity index (χ2v) is 4.59. The van der Waals surface area contributed by atoms with Crippen LogP contribution in [0.15, 0.2) is 24.3 Å². The minimum absolute atomic E-state index is 0.0670. The van der Waals surface area contributed by atoms with Crippen LogP contribution in [-0.2, 0) is 0 Å². The van der Waals surface area contributed by atoms with Crippen LogP contribution in [0.3, 0.4) is 0 Å². The summed E-state index contributed by atoms with van der Waals surface area (Å²) in [5, 5.41) is 0. The number of halogens is 1. The second-order valence-electron chi connectivity index (χ2n) is 3.84. The Labute approximate surface area is 86.7 Å². The van der Waals surface area contributed by atoms with Gasteiger partial charge in [0.25, 0.3) is 0 Å². The lowest BCUT2D eigenvalue weighted by Gasteiger charge is -2.23. The van der Waals surface area contributed by atoms with Crippen molar-refractivity contribution >= 4 is 11.6 Å². The lowest BCUT2D eigenvalue weighted by Crippen LogP contribution is -2.18.